The van der Waals surface area contributed by atoms with Crippen LogP contribution in [0.2, 0.25) is 0 Å². The third-order valence-corrected chi connectivity index (χ3v) is 2.97. The van der Waals surface area contributed by atoms with Gasteiger partial charge in [-0.25, -0.2) is 0 Å². The molecule has 1 N–H and O–H groups in total. The van der Waals surface area contributed by atoms with Gasteiger partial charge >= 0.3 is 0 Å². The standard InChI is InChI=1S/C14H19N3O/c1-10-13(14(18)17(4)15-10)12-7-5-11(6-8-12)9-16(2)3/h5-8,15H,9H2,1-4H3. The number of aromatic amines is 1. The van der Waals surface area contributed by atoms with E-state index in [1.165, 1.54) is 10.2 Å². The number of benzene rings is 1. The molecule has 0 bridgehead atoms. The van der Waals surface area contributed by atoms with Crippen LogP contribution in [-0.2, 0) is 13.6 Å². The van der Waals surface area contributed by atoms with Crippen LogP contribution in [0.4, 0.5) is 0 Å². The Morgan fingerprint density at radius 1 is 1.22 bits per heavy atom. The predicted molar refractivity (Wildman–Crippen MR) is 73.6 cm³/mol. The summed E-state index contributed by atoms with van der Waals surface area (Å²) in [6, 6.07) is 8.16. The second-order valence-electron chi connectivity index (χ2n) is 4.91. The number of nitrogens with zero attached hydrogens (tertiary/aromatic N) is 2. The molecule has 0 unspecified atom stereocenters. The van der Waals surface area contributed by atoms with Crippen LogP contribution in [0.5, 0.6) is 0 Å². The van der Waals surface area contributed by atoms with Gasteiger partial charge in [-0.05, 0) is 32.1 Å². The van der Waals surface area contributed by atoms with E-state index in [0.29, 0.717) is 0 Å². The van der Waals surface area contributed by atoms with Gasteiger partial charge in [-0.15, -0.1) is 0 Å². The van der Waals surface area contributed by atoms with Crippen molar-refractivity contribution in [2.45, 2.75) is 13.5 Å². The molecule has 0 aliphatic heterocycles. The maximum absolute atomic E-state index is 12.0. The fraction of sp³-hybridized carbons (Fsp3) is 0.357. The molecule has 0 fully saturated rings. The molecule has 4 heteroatoms. The quantitative estimate of drug-likeness (QED) is 0.895. The van der Waals surface area contributed by atoms with Crippen LogP contribution in [0.25, 0.3) is 11.1 Å². The van der Waals surface area contributed by atoms with Crippen molar-refractivity contribution >= 4 is 0 Å². The summed E-state index contributed by atoms with van der Waals surface area (Å²) in [4.78, 5) is 14.1. The SMILES string of the molecule is Cc1[nH]n(C)c(=O)c1-c1ccc(CN(C)C)cc1. The van der Waals surface area contributed by atoms with E-state index >= 15 is 0 Å². The van der Waals surface area contributed by atoms with E-state index in [2.05, 4.69) is 22.1 Å². The average Bonchev–Trinajstić information content (AvgIpc) is 2.54. The summed E-state index contributed by atoms with van der Waals surface area (Å²) in [6.45, 7) is 2.83. The first kappa shape index (κ1) is 12.6. The third kappa shape index (κ3) is 2.38. The van der Waals surface area contributed by atoms with E-state index < -0.39 is 0 Å². The van der Waals surface area contributed by atoms with Crippen LogP contribution >= 0.6 is 0 Å². The molecule has 96 valence electrons. The first-order valence-corrected chi connectivity index (χ1v) is 5.98. The Morgan fingerprint density at radius 2 is 1.83 bits per heavy atom. The second-order valence-corrected chi connectivity index (χ2v) is 4.91. The highest BCUT2D eigenvalue weighted by Crippen LogP contribution is 2.19. The van der Waals surface area contributed by atoms with Crippen LogP contribution in [-0.4, -0.2) is 28.8 Å². The Hall–Kier alpha value is -1.81. The lowest BCUT2D eigenvalue weighted by atomic mass is 10.0. The van der Waals surface area contributed by atoms with Gasteiger partial charge in [-0.2, -0.15) is 0 Å². The molecule has 2 rings (SSSR count). The molecule has 0 spiro atoms. The number of hydrogen-bond acceptors (Lipinski definition) is 2. The fourth-order valence-corrected chi connectivity index (χ4v) is 2.17. The van der Waals surface area contributed by atoms with Crippen LogP contribution in [0, 0.1) is 6.92 Å². The first-order valence-electron chi connectivity index (χ1n) is 5.98. The minimum Gasteiger partial charge on any atom is -0.305 e. The molecule has 0 aliphatic rings. The number of H-pyrrole nitrogens is 1. The van der Waals surface area contributed by atoms with Gasteiger partial charge in [-0.1, -0.05) is 24.3 Å². The molecule has 2 aromatic rings. The second kappa shape index (κ2) is 4.82. The molecule has 0 saturated heterocycles. The molecule has 1 aromatic carbocycles. The van der Waals surface area contributed by atoms with Crippen molar-refractivity contribution in [2.75, 3.05) is 14.1 Å². The molecular weight excluding hydrogens is 226 g/mol. The fourth-order valence-electron chi connectivity index (χ4n) is 2.17. The Kier molecular flexibility index (Phi) is 3.39. The summed E-state index contributed by atoms with van der Waals surface area (Å²) in [5, 5.41) is 3.02. The smallest absolute Gasteiger partial charge is 0.274 e. The summed E-state index contributed by atoms with van der Waals surface area (Å²) in [5.74, 6) is 0. The van der Waals surface area contributed by atoms with Crippen molar-refractivity contribution in [1.29, 1.82) is 0 Å². The monoisotopic (exact) mass is 245 g/mol. The van der Waals surface area contributed by atoms with E-state index in [1.54, 1.807) is 7.05 Å². The zero-order chi connectivity index (χ0) is 13.3. The van der Waals surface area contributed by atoms with Gasteiger partial charge < -0.3 is 4.90 Å². The zero-order valence-electron chi connectivity index (χ0n) is 11.3. The van der Waals surface area contributed by atoms with Gasteiger partial charge in [0.05, 0.1) is 5.56 Å². The Labute approximate surface area is 107 Å². The van der Waals surface area contributed by atoms with Crippen LogP contribution < -0.4 is 5.56 Å². The molecule has 0 atom stereocenters. The maximum atomic E-state index is 12.0. The minimum absolute atomic E-state index is 0.0212. The maximum Gasteiger partial charge on any atom is 0.274 e. The number of nitrogens with one attached hydrogen (secondary N) is 1. The molecule has 0 aliphatic carbocycles. The molecule has 0 radical (unpaired) electrons. The lowest BCUT2D eigenvalue weighted by molar-refractivity contribution is 0.402. The summed E-state index contributed by atoms with van der Waals surface area (Å²) in [7, 11) is 5.82. The van der Waals surface area contributed by atoms with E-state index in [-0.39, 0.29) is 5.56 Å². The number of aryl methyl sites for hydroxylation is 2. The molecule has 18 heavy (non-hydrogen) atoms. The third-order valence-electron chi connectivity index (χ3n) is 2.97. The minimum atomic E-state index is 0.0212. The predicted octanol–water partition coefficient (Wildman–Crippen LogP) is 1.75. The largest absolute Gasteiger partial charge is 0.305 e. The summed E-state index contributed by atoms with van der Waals surface area (Å²) >= 11 is 0. The molecule has 1 heterocycles. The van der Waals surface area contributed by atoms with Crippen molar-refractivity contribution in [3.63, 3.8) is 0 Å². The van der Waals surface area contributed by atoms with E-state index in [9.17, 15) is 4.79 Å². The summed E-state index contributed by atoms with van der Waals surface area (Å²) in [5.41, 5.74) is 3.90. The number of aromatic nitrogens is 2. The number of rotatable bonds is 3. The highest BCUT2D eigenvalue weighted by molar-refractivity contribution is 5.65. The number of hydrogen-bond donors (Lipinski definition) is 1. The van der Waals surface area contributed by atoms with E-state index in [0.717, 1.165) is 23.4 Å². The van der Waals surface area contributed by atoms with E-state index in [4.69, 9.17) is 0 Å². The van der Waals surface area contributed by atoms with Crippen molar-refractivity contribution in [1.82, 2.24) is 14.7 Å². The Morgan fingerprint density at radius 3 is 2.28 bits per heavy atom. The lowest BCUT2D eigenvalue weighted by Gasteiger charge is -2.09. The first-order chi connectivity index (χ1) is 8.49. The van der Waals surface area contributed by atoms with Crippen LogP contribution in [0.1, 0.15) is 11.3 Å². The van der Waals surface area contributed by atoms with Gasteiger partial charge in [0.2, 0.25) is 0 Å². The van der Waals surface area contributed by atoms with Gasteiger partial charge in [0.1, 0.15) is 0 Å². The molecular formula is C14H19N3O. The lowest BCUT2D eigenvalue weighted by Crippen LogP contribution is -2.13. The molecule has 1 aromatic heterocycles. The van der Waals surface area contributed by atoms with Crippen molar-refractivity contribution in [3.8, 4) is 11.1 Å². The Balaban J connectivity index is 2.37. The van der Waals surface area contributed by atoms with Gasteiger partial charge in [0.15, 0.2) is 0 Å². The summed E-state index contributed by atoms with van der Waals surface area (Å²) in [6.07, 6.45) is 0. The molecule has 0 amide bonds. The zero-order valence-corrected chi connectivity index (χ0v) is 11.3. The van der Waals surface area contributed by atoms with Crippen molar-refractivity contribution in [3.05, 3.63) is 45.9 Å². The Bertz CT molecular complexity index is 590. The normalized spacial score (nSPS) is 11.2. The van der Waals surface area contributed by atoms with Crippen LogP contribution in [0.3, 0.4) is 0 Å². The van der Waals surface area contributed by atoms with Gasteiger partial charge in [0.25, 0.3) is 5.56 Å². The molecule has 0 saturated carbocycles. The topological polar surface area (TPSA) is 41.0 Å². The van der Waals surface area contributed by atoms with E-state index in [1.807, 2.05) is 33.2 Å². The highest BCUT2D eigenvalue weighted by atomic mass is 16.1. The van der Waals surface area contributed by atoms with Gasteiger partial charge in [-0.3, -0.25) is 14.6 Å². The average molecular weight is 245 g/mol. The molecule has 4 nitrogen and oxygen atoms in total. The highest BCUT2D eigenvalue weighted by Gasteiger charge is 2.10. The van der Waals surface area contributed by atoms with Crippen molar-refractivity contribution in [2.24, 2.45) is 7.05 Å². The van der Waals surface area contributed by atoms with Gasteiger partial charge in [0, 0.05) is 19.3 Å². The summed E-state index contributed by atoms with van der Waals surface area (Å²) < 4.78 is 1.51. The van der Waals surface area contributed by atoms with Crippen molar-refractivity contribution < 1.29 is 0 Å². The van der Waals surface area contributed by atoms with Crippen LogP contribution in [0.15, 0.2) is 29.1 Å².